The zero-order valence-corrected chi connectivity index (χ0v) is 12.4. The van der Waals surface area contributed by atoms with Gasteiger partial charge >= 0.3 is 0 Å². The quantitative estimate of drug-likeness (QED) is 0.748. The minimum atomic E-state index is -0.741. The predicted molar refractivity (Wildman–Crippen MR) is 82.1 cm³/mol. The molecular weight excluding hydrogens is 295 g/mol. The number of ether oxygens (including phenoxy) is 1. The number of fused-ring (bicyclic) bond motifs is 2. The molecule has 2 aliphatic rings. The van der Waals surface area contributed by atoms with Crippen LogP contribution in [0.4, 0.5) is 4.39 Å². The first-order chi connectivity index (χ1) is 11.1. The number of carbonyl (C=O) groups excluding carboxylic acids is 2. The summed E-state index contributed by atoms with van der Waals surface area (Å²) < 4.78 is 19.6. The number of rotatable bonds is 1. The summed E-state index contributed by atoms with van der Waals surface area (Å²) in [4.78, 5) is 24.9. The van der Waals surface area contributed by atoms with E-state index in [0.717, 1.165) is 5.56 Å². The molecule has 0 saturated heterocycles. The van der Waals surface area contributed by atoms with E-state index >= 15 is 0 Å². The second kappa shape index (κ2) is 5.30. The van der Waals surface area contributed by atoms with Crippen LogP contribution in [0.5, 0.6) is 11.5 Å². The van der Waals surface area contributed by atoms with Crippen molar-refractivity contribution in [3.05, 3.63) is 59.4 Å². The molecule has 1 fully saturated rings. The molecule has 0 bridgehead atoms. The van der Waals surface area contributed by atoms with Gasteiger partial charge in [0.2, 0.25) is 0 Å². The monoisotopic (exact) mass is 310 g/mol. The molecule has 1 heterocycles. The average Bonchev–Trinajstić information content (AvgIpc) is 2.54. The Morgan fingerprint density at radius 3 is 2.35 bits per heavy atom. The number of halogens is 1. The van der Waals surface area contributed by atoms with Crippen LogP contribution in [0.25, 0.3) is 0 Å². The van der Waals surface area contributed by atoms with Gasteiger partial charge in [-0.05, 0) is 30.7 Å². The third-order valence-electron chi connectivity index (χ3n) is 4.65. The largest absolute Gasteiger partial charge is 0.457 e. The van der Waals surface area contributed by atoms with Gasteiger partial charge in [0.25, 0.3) is 0 Å². The highest BCUT2D eigenvalue weighted by molar-refractivity contribution is 6.06. The van der Waals surface area contributed by atoms with Gasteiger partial charge in [0.1, 0.15) is 28.9 Å². The van der Waals surface area contributed by atoms with Crippen molar-refractivity contribution in [2.75, 3.05) is 0 Å². The van der Waals surface area contributed by atoms with Gasteiger partial charge in [0.05, 0.1) is 5.92 Å². The van der Waals surface area contributed by atoms with Crippen LogP contribution < -0.4 is 4.74 Å². The van der Waals surface area contributed by atoms with Gasteiger partial charge in [-0.25, -0.2) is 4.39 Å². The lowest BCUT2D eigenvalue weighted by molar-refractivity contribution is -0.136. The zero-order valence-electron chi connectivity index (χ0n) is 12.4. The fourth-order valence-electron chi connectivity index (χ4n) is 3.63. The van der Waals surface area contributed by atoms with Crippen LogP contribution in [0.1, 0.15) is 36.3 Å². The van der Waals surface area contributed by atoms with Crippen molar-refractivity contribution in [3.8, 4) is 11.5 Å². The summed E-state index contributed by atoms with van der Waals surface area (Å²) in [6, 6.07) is 11.6. The van der Waals surface area contributed by atoms with Gasteiger partial charge in [-0.2, -0.15) is 0 Å². The van der Waals surface area contributed by atoms with E-state index in [1.165, 1.54) is 12.1 Å². The highest BCUT2D eigenvalue weighted by Crippen LogP contribution is 2.49. The summed E-state index contributed by atoms with van der Waals surface area (Å²) in [6.07, 6.45) is 1.41. The molecule has 0 aromatic heterocycles. The summed E-state index contributed by atoms with van der Waals surface area (Å²) >= 11 is 0. The summed E-state index contributed by atoms with van der Waals surface area (Å²) in [5, 5.41) is 0. The maximum atomic E-state index is 13.8. The SMILES string of the molecule is O=C1CCCC(=O)C1C1c2ccccc2Oc2ccc(F)cc21. The molecule has 0 amide bonds. The second-order valence-corrected chi connectivity index (χ2v) is 6.06. The normalized spacial score (nSPS) is 20.7. The van der Waals surface area contributed by atoms with Gasteiger partial charge in [-0.15, -0.1) is 0 Å². The second-order valence-electron chi connectivity index (χ2n) is 6.06. The molecule has 1 unspecified atom stereocenters. The maximum absolute atomic E-state index is 13.8. The Morgan fingerprint density at radius 1 is 0.870 bits per heavy atom. The Bertz CT molecular complexity index is 796. The van der Waals surface area contributed by atoms with E-state index in [0.29, 0.717) is 36.3 Å². The highest BCUT2D eigenvalue weighted by Gasteiger charge is 2.42. The molecule has 1 aliphatic carbocycles. The topological polar surface area (TPSA) is 43.4 Å². The molecule has 1 aliphatic heterocycles. The molecule has 0 spiro atoms. The Kier molecular flexibility index (Phi) is 3.26. The van der Waals surface area contributed by atoms with Gasteiger partial charge in [0.15, 0.2) is 0 Å². The Hall–Kier alpha value is -2.49. The summed E-state index contributed by atoms with van der Waals surface area (Å²) in [5.41, 5.74) is 1.36. The van der Waals surface area contributed by atoms with E-state index in [4.69, 9.17) is 4.74 Å². The van der Waals surface area contributed by atoms with E-state index < -0.39 is 17.7 Å². The van der Waals surface area contributed by atoms with Crippen LogP contribution in [-0.4, -0.2) is 11.6 Å². The molecule has 1 saturated carbocycles. The van der Waals surface area contributed by atoms with Gasteiger partial charge in [-0.3, -0.25) is 9.59 Å². The van der Waals surface area contributed by atoms with Crippen molar-refractivity contribution < 1.29 is 18.7 Å². The van der Waals surface area contributed by atoms with Gasteiger partial charge in [-0.1, -0.05) is 18.2 Å². The molecule has 4 rings (SSSR count). The molecule has 116 valence electrons. The van der Waals surface area contributed by atoms with Crippen LogP contribution in [0, 0.1) is 11.7 Å². The lowest BCUT2D eigenvalue weighted by Crippen LogP contribution is -2.35. The standard InChI is InChI=1S/C19H15FO3/c20-11-8-9-17-13(10-11)18(12-4-1-2-7-16(12)23-17)19-14(21)5-3-6-15(19)22/h1-2,4,7-10,18-19H,3,5-6H2. The Labute approximate surface area is 133 Å². The number of Topliss-reactive ketones (excluding diaryl/α,β-unsaturated/α-hetero) is 2. The molecular formula is C19H15FO3. The predicted octanol–water partition coefficient (Wildman–Crippen LogP) is 4.00. The third-order valence-corrected chi connectivity index (χ3v) is 4.65. The van der Waals surface area contributed by atoms with Crippen molar-refractivity contribution >= 4 is 11.6 Å². The van der Waals surface area contributed by atoms with E-state index in [2.05, 4.69) is 0 Å². The first-order valence-corrected chi connectivity index (χ1v) is 7.77. The molecule has 2 aromatic carbocycles. The van der Waals surface area contributed by atoms with Gasteiger partial charge < -0.3 is 4.74 Å². The highest BCUT2D eigenvalue weighted by atomic mass is 19.1. The van der Waals surface area contributed by atoms with Crippen molar-refractivity contribution in [3.63, 3.8) is 0 Å². The average molecular weight is 310 g/mol. The first kappa shape index (κ1) is 14.1. The van der Waals surface area contributed by atoms with Crippen LogP contribution in [-0.2, 0) is 9.59 Å². The number of hydrogen-bond acceptors (Lipinski definition) is 3. The fraction of sp³-hybridized carbons (Fsp3) is 0.263. The maximum Gasteiger partial charge on any atom is 0.144 e. The molecule has 1 atom stereocenters. The van der Waals surface area contributed by atoms with Crippen LogP contribution in [0.2, 0.25) is 0 Å². The number of benzene rings is 2. The molecule has 3 nitrogen and oxygen atoms in total. The molecule has 2 aromatic rings. The van der Waals surface area contributed by atoms with Gasteiger partial charge in [0, 0.05) is 29.9 Å². The third kappa shape index (κ3) is 2.25. The minimum absolute atomic E-state index is 0.0573. The van der Waals surface area contributed by atoms with E-state index in [-0.39, 0.29) is 11.6 Å². The summed E-state index contributed by atoms with van der Waals surface area (Å²) in [7, 11) is 0. The molecule has 4 heteroatoms. The lowest BCUT2D eigenvalue weighted by atomic mass is 9.71. The van der Waals surface area contributed by atoms with Crippen molar-refractivity contribution in [1.82, 2.24) is 0 Å². The number of ketones is 2. The first-order valence-electron chi connectivity index (χ1n) is 7.77. The van der Waals surface area contributed by atoms with E-state index in [9.17, 15) is 14.0 Å². The molecule has 23 heavy (non-hydrogen) atoms. The minimum Gasteiger partial charge on any atom is -0.457 e. The van der Waals surface area contributed by atoms with Crippen LogP contribution in [0.3, 0.4) is 0 Å². The summed E-state index contributed by atoms with van der Waals surface area (Å²) in [5.74, 6) is -0.576. The smallest absolute Gasteiger partial charge is 0.144 e. The summed E-state index contributed by atoms with van der Waals surface area (Å²) in [6.45, 7) is 0. The van der Waals surface area contributed by atoms with Crippen molar-refractivity contribution in [2.45, 2.75) is 25.2 Å². The number of para-hydroxylation sites is 1. The fourth-order valence-corrected chi connectivity index (χ4v) is 3.63. The van der Waals surface area contributed by atoms with Crippen LogP contribution >= 0.6 is 0 Å². The molecule has 0 N–H and O–H groups in total. The van der Waals surface area contributed by atoms with Crippen molar-refractivity contribution in [2.24, 2.45) is 5.92 Å². The Morgan fingerprint density at radius 2 is 1.57 bits per heavy atom. The molecule has 0 radical (unpaired) electrons. The van der Waals surface area contributed by atoms with E-state index in [1.807, 2.05) is 24.3 Å². The number of hydrogen-bond donors (Lipinski definition) is 0. The van der Waals surface area contributed by atoms with Crippen LogP contribution in [0.15, 0.2) is 42.5 Å². The number of carbonyl (C=O) groups is 2. The van der Waals surface area contributed by atoms with E-state index in [1.54, 1.807) is 6.07 Å². The lowest BCUT2D eigenvalue weighted by Gasteiger charge is -2.34. The Balaban J connectivity index is 1.92. The van der Waals surface area contributed by atoms with Crippen molar-refractivity contribution in [1.29, 1.82) is 0 Å². The zero-order chi connectivity index (χ0) is 16.0.